The lowest BCUT2D eigenvalue weighted by Gasteiger charge is -2.35. The number of carbonyl (C=O) groups is 2. The molecule has 1 saturated carbocycles. The second kappa shape index (κ2) is 15.0. The van der Waals surface area contributed by atoms with Crippen molar-refractivity contribution >= 4 is 27.5 Å². The first-order valence-electron chi connectivity index (χ1n) is 16.4. The zero-order chi connectivity index (χ0) is 33.6. The molecule has 0 bridgehead atoms. The molecule has 0 radical (unpaired) electrons. The van der Waals surface area contributed by atoms with E-state index in [-0.39, 0.29) is 23.4 Å². The summed E-state index contributed by atoms with van der Waals surface area (Å²) in [7, 11) is -4.16. The van der Waals surface area contributed by atoms with E-state index in [0.29, 0.717) is 12.1 Å². The number of rotatable bonds is 12. The fraction of sp³-hybridized carbons (Fsp3) is 0.333. The van der Waals surface area contributed by atoms with Crippen molar-refractivity contribution < 1.29 is 18.0 Å². The topological polar surface area (TPSA) is 86.8 Å². The lowest BCUT2D eigenvalue weighted by atomic mass is 10.0. The second-order valence-corrected chi connectivity index (χ2v) is 14.5. The number of aryl methyl sites for hydroxylation is 3. The van der Waals surface area contributed by atoms with Gasteiger partial charge in [-0.25, -0.2) is 8.42 Å². The van der Waals surface area contributed by atoms with E-state index in [0.717, 1.165) is 59.1 Å². The van der Waals surface area contributed by atoms with Crippen LogP contribution in [0.25, 0.3) is 0 Å². The average molecular weight is 652 g/mol. The predicted molar refractivity (Wildman–Crippen MR) is 188 cm³/mol. The minimum absolute atomic E-state index is 0.0598. The van der Waals surface area contributed by atoms with E-state index >= 15 is 0 Å². The van der Waals surface area contributed by atoms with Crippen LogP contribution in [0.3, 0.4) is 0 Å². The summed E-state index contributed by atoms with van der Waals surface area (Å²) < 4.78 is 30.0. The van der Waals surface area contributed by atoms with Gasteiger partial charge in [-0.15, -0.1) is 0 Å². The molecule has 0 spiro atoms. The van der Waals surface area contributed by atoms with E-state index in [4.69, 9.17) is 0 Å². The monoisotopic (exact) mass is 651 g/mol. The van der Waals surface area contributed by atoms with Gasteiger partial charge in [0.2, 0.25) is 11.8 Å². The number of amides is 2. The van der Waals surface area contributed by atoms with Gasteiger partial charge >= 0.3 is 0 Å². The molecule has 2 amide bonds. The summed E-state index contributed by atoms with van der Waals surface area (Å²) in [5, 5.41) is 3.23. The molecule has 0 heterocycles. The Morgan fingerprint density at radius 2 is 1.43 bits per heavy atom. The van der Waals surface area contributed by atoms with Gasteiger partial charge in [-0.05, 0) is 86.6 Å². The predicted octanol–water partition coefficient (Wildman–Crippen LogP) is 6.81. The summed E-state index contributed by atoms with van der Waals surface area (Å²) in [5.74, 6) is -0.672. The van der Waals surface area contributed by atoms with Crippen molar-refractivity contribution in [3.05, 3.63) is 130 Å². The Bertz CT molecular complexity index is 1800. The number of nitrogens with zero attached hydrogens (tertiary/aromatic N) is 2. The highest BCUT2D eigenvalue weighted by atomic mass is 32.2. The normalized spacial score (nSPS) is 14.0. The molecule has 1 fully saturated rings. The SMILES string of the molecule is Cc1ccc(S(=O)(=O)N(CC(=O)N(Cc2ccccc2C)[C@H](Cc2ccccc2)C(=O)NC2CCCC2)c2cccc(C)c2C)cc1. The maximum absolute atomic E-state index is 14.8. The Kier molecular flexibility index (Phi) is 10.8. The van der Waals surface area contributed by atoms with Crippen LogP contribution >= 0.6 is 0 Å². The standard InChI is InChI=1S/C39H45N3O4S/c1-28-21-23-35(24-22-28)47(45,46)42(36-20-12-14-29(2)31(36)4)27-38(43)41(26-33-17-9-8-13-30(33)3)37(25-32-15-6-5-7-16-32)39(44)40-34-18-10-11-19-34/h5-9,12-17,20-24,34,37H,10-11,18-19,25-27H2,1-4H3,(H,40,44)/t37-/m1/s1. The summed E-state index contributed by atoms with van der Waals surface area (Å²) in [6.45, 7) is 7.36. The van der Waals surface area contributed by atoms with E-state index in [9.17, 15) is 18.0 Å². The highest BCUT2D eigenvalue weighted by molar-refractivity contribution is 7.92. The van der Waals surface area contributed by atoms with Crippen molar-refractivity contribution in [3.63, 3.8) is 0 Å². The maximum atomic E-state index is 14.8. The number of benzene rings is 4. The summed E-state index contributed by atoms with van der Waals surface area (Å²) in [5.41, 5.74) is 5.84. The Morgan fingerprint density at radius 1 is 0.787 bits per heavy atom. The molecular formula is C39H45N3O4S. The van der Waals surface area contributed by atoms with Gasteiger partial charge in [0.25, 0.3) is 10.0 Å². The van der Waals surface area contributed by atoms with Gasteiger partial charge in [-0.3, -0.25) is 13.9 Å². The third-order valence-electron chi connectivity index (χ3n) is 9.31. The van der Waals surface area contributed by atoms with Crippen LogP contribution in [0.2, 0.25) is 0 Å². The molecule has 1 aliphatic carbocycles. The minimum Gasteiger partial charge on any atom is -0.352 e. The molecular weight excluding hydrogens is 607 g/mol. The van der Waals surface area contributed by atoms with E-state index in [1.807, 2.05) is 88.4 Å². The van der Waals surface area contributed by atoms with Crippen molar-refractivity contribution in [1.29, 1.82) is 0 Å². The number of anilines is 1. The van der Waals surface area contributed by atoms with E-state index in [1.54, 1.807) is 41.3 Å². The molecule has 1 N–H and O–H groups in total. The highest BCUT2D eigenvalue weighted by Crippen LogP contribution is 2.30. The van der Waals surface area contributed by atoms with Crippen LogP contribution in [-0.2, 0) is 32.6 Å². The Balaban J connectivity index is 1.60. The van der Waals surface area contributed by atoms with Crippen molar-refractivity contribution in [2.24, 2.45) is 0 Å². The molecule has 47 heavy (non-hydrogen) atoms. The van der Waals surface area contributed by atoms with Gasteiger partial charge in [0.1, 0.15) is 12.6 Å². The van der Waals surface area contributed by atoms with Crippen LogP contribution in [0.4, 0.5) is 5.69 Å². The number of hydrogen-bond acceptors (Lipinski definition) is 4. The zero-order valence-electron chi connectivity index (χ0n) is 27.8. The smallest absolute Gasteiger partial charge is 0.264 e. The van der Waals surface area contributed by atoms with Crippen molar-refractivity contribution in [2.75, 3.05) is 10.8 Å². The number of carbonyl (C=O) groups excluding carboxylic acids is 2. The molecule has 246 valence electrons. The van der Waals surface area contributed by atoms with Crippen LogP contribution in [0, 0.1) is 27.7 Å². The quantitative estimate of drug-likeness (QED) is 0.182. The first-order valence-corrected chi connectivity index (χ1v) is 17.8. The van der Waals surface area contributed by atoms with Crippen LogP contribution in [0.5, 0.6) is 0 Å². The zero-order valence-corrected chi connectivity index (χ0v) is 28.6. The molecule has 4 aromatic rings. The van der Waals surface area contributed by atoms with Crippen molar-refractivity contribution in [1.82, 2.24) is 10.2 Å². The van der Waals surface area contributed by atoms with E-state index in [2.05, 4.69) is 5.32 Å². The number of nitrogens with one attached hydrogen (secondary N) is 1. The van der Waals surface area contributed by atoms with Gasteiger partial charge in [0.15, 0.2) is 0 Å². The molecule has 5 rings (SSSR count). The summed E-state index contributed by atoms with van der Waals surface area (Å²) in [4.78, 5) is 30.7. The number of hydrogen-bond donors (Lipinski definition) is 1. The summed E-state index contributed by atoms with van der Waals surface area (Å²) in [6, 6.07) is 28.8. The lowest BCUT2D eigenvalue weighted by Crippen LogP contribution is -2.54. The molecule has 0 aliphatic heterocycles. The largest absolute Gasteiger partial charge is 0.352 e. The molecule has 1 aliphatic rings. The molecule has 4 aromatic carbocycles. The average Bonchev–Trinajstić information content (AvgIpc) is 3.57. The highest BCUT2D eigenvalue weighted by Gasteiger charge is 2.36. The summed E-state index contributed by atoms with van der Waals surface area (Å²) in [6.07, 6.45) is 4.23. The van der Waals surface area contributed by atoms with Crippen LogP contribution in [0.15, 0.2) is 102 Å². The van der Waals surface area contributed by atoms with Crippen molar-refractivity contribution in [3.8, 4) is 0 Å². The van der Waals surface area contributed by atoms with Crippen LogP contribution in [-0.4, -0.2) is 43.8 Å². The Hall–Kier alpha value is -4.43. The van der Waals surface area contributed by atoms with Gasteiger partial charge in [-0.2, -0.15) is 0 Å². The van der Waals surface area contributed by atoms with E-state index < -0.39 is 28.5 Å². The van der Waals surface area contributed by atoms with Gasteiger partial charge in [0, 0.05) is 19.0 Å². The third kappa shape index (κ3) is 8.11. The maximum Gasteiger partial charge on any atom is 0.264 e. The first kappa shape index (κ1) is 33.9. The lowest BCUT2D eigenvalue weighted by molar-refractivity contribution is -0.140. The van der Waals surface area contributed by atoms with Crippen LogP contribution < -0.4 is 9.62 Å². The van der Waals surface area contributed by atoms with Crippen LogP contribution in [0.1, 0.15) is 59.1 Å². The van der Waals surface area contributed by atoms with E-state index in [1.165, 1.54) is 4.31 Å². The van der Waals surface area contributed by atoms with Gasteiger partial charge < -0.3 is 10.2 Å². The Labute approximate surface area is 279 Å². The van der Waals surface area contributed by atoms with Gasteiger partial charge in [-0.1, -0.05) is 97.3 Å². The van der Waals surface area contributed by atoms with Crippen molar-refractivity contribution in [2.45, 2.75) is 83.3 Å². The number of sulfonamides is 1. The third-order valence-corrected chi connectivity index (χ3v) is 11.1. The second-order valence-electron chi connectivity index (χ2n) is 12.7. The molecule has 0 saturated heterocycles. The first-order chi connectivity index (χ1) is 22.5. The molecule has 0 unspecified atom stereocenters. The molecule has 8 heteroatoms. The Morgan fingerprint density at radius 3 is 2.11 bits per heavy atom. The fourth-order valence-corrected chi connectivity index (χ4v) is 7.72. The molecule has 7 nitrogen and oxygen atoms in total. The fourth-order valence-electron chi connectivity index (χ4n) is 6.25. The van der Waals surface area contributed by atoms with Gasteiger partial charge in [0.05, 0.1) is 10.6 Å². The molecule has 0 aromatic heterocycles. The minimum atomic E-state index is -4.16. The summed E-state index contributed by atoms with van der Waals surface area (Å²) >= 11 is 0. The molecule has 1 atom stereocenters.